The van der Waals surface area contributed by atoms with E-state index in [-0.39, 0.29) is 5.91 Å². The van der Waals surface area contributed by atoms with Gasteiger partial charge in [-0.3, -0.25) is 4.79 Å². The molecule has 1 heterocycles. The fourth-order valence-corrected chi connectivity index (χ4v) is 1.73. The van der Waals surface area contributed by atoms with Crippen LogP contribution < -0.4 is 16.6 Å². The van der Waals surface area contributed by atoms with Crippen LogP contribution in [0.3, 0.4) is 0 Å². The van der Waals surface area contributed by atoms with Crippen molar-refractivity contribution in [1.29, 1.82) is 0 Å². The van der Waals surface area contributed by atoms with Crippen molar-refractivity contribution in [1.82, 2.24) is 10.3 Å². The van der Waals surface area contributed by atoms with Crippen LogP contribution in [0.25, 0.3) is 0 Å². The lowest BCUT2D eigenvalue weighted by molar-refractivity contribution is 0.0939. The molecule has 0 radical (unpaired) electrons. The minimum absolute atomic E-state index is 0.118. The number of nitrogens with one attached hydrogen (secondary N) is 2. The summed E-state index contributed by atoms with van der Waals surface area (Å²) in [6.45, 7) is 0.748. The first-order valence-corrected chi connectivity index (χ1v) is 5.51. The number of nitrogens with two attached hydrogens (primary N) is 1. The average Bonchev–Trinajstić information content (AvgIpc) is 2.26. The number of pyridine rings is 1. The Hall–Kier alpha value is -1.62. The second-order valence-electron chi connectivity index (χ2n) is 4.05. The van der Waals surface area contributed by atoms with E-state index in [0.29, 0.717) is 17.3 Å². The van der Waals surface area contributed by atoms with Crippen LogP contribution in [-0.2, 0) is 0 Å². The van der Waals surface area contributed by atoms with Gasteiger partial charge in [0.25, 0.3) is 5.91 Å². The lowest BCUT2D eigenvalue weighted by Crippen LogP contribution is -2.32. The Morgan fingerprint density at radius 1 is 1.56 bits per heavy atom. The largest absolute Gasteiger partial charge is 0.352 e. The third-order valence-electron chi connectivity index (χ3n) is 2.97. The zero-order chi connectivity index (χ0) is 11.4. The number of carbonyl (C=O) groups excluding carboxylic acids is 1. The van der Waals surface area contributed by atoms with E-state index in [1.165, 1.54) is 19.3 Å². The number of carbonyl (C=O) groups is 1. The van der Waals surface area contributed by atoms with E-state index in [4.69, 9.17) is 5.84 Å². The zero-order valence-corrected chi connectivity index (χ0v) is 9.07. The summed E-state index contributed by atoms with van der Waals surface area (Å²) in [5.74, 6) is 6.23. The first-order valence-electron chi connectivity index (χ1n) is 5.51. The van der Waals surface area contributed by atoms with Crippen LogP contribution in [0.2, 0.25) is 0 Å². The lowest BCUT2D eigenvalue weighted by Gasteiger charge is -2.25. The average molecular weight is 220 g/mol. The van der Waals surface area contributed by atoms with E-state index in [1.807, 2.05) is 0 Å². The molecular weight excluding hydrogens is 204 g/mol. The second kappa shape index (κ2) is 4.94. The molecule has 1 aromatic heterocycles. The highest BCUT2D eigenvalue weighted by Crippen LogP contribution is 2.25. The van der Waals surface area contributed by atoms with Gasteiger partial charge in [-0.2, -0.15) is 0 Å². The maximum Gasteiger partial charge on any atom is 0.255 e. The number of nitrogens with zero attached hydrogens (tertiary/aromatic N) is 1. The summed E-state index contributed by atoms with van der Waals surface area (Å²) in [6, 6.07) is 3.43. The van der Waals surface area contributed by atoms with Crippen LogP contribution in [-0.4, -0.2) is 17.4 Å². The summed E-state index contributed by atoms with van der Waals surface area (Å²) in [4.78, 5) is 15.8. The number of nitrogen functional groups attached to an aromatic ring is 1. The van der Waals surface area contributed by atoms with Crippen LogP contribution >= 0.6 is 0 Å². The molecule has 0 aliphatic heterocycles. The highest BCUT2D eigenvalue weighted by molar-refractivity contribution is 5.98. The SMILES string of the molecule is NNc1ncccc1C(=O)NCC1CCC1. The fraction of sp³-hybridized carbons (Fsp3) is 0.455. The van der Waals surface area contributed by atoms with Crippen molar-refractivity contribution in [2.24, 2.45) is 11.8 Å². The van der Waals surface area contributed by atoms with Crippen LogP contribution in [0.4, 0.5) is 5.82 Å². The van der Waals surface area contributed by atoms with E-state index in [0.717, 1.165) is 6.54 Å². The molecule has 0 atom stereocenters. The van der Waals surface area contributed by atoms with Gasteiger partial charge in [0, 0.05) is 12.7 Å². The van der Waals surface area contributed by atoms with Crippen molar-refractivity contribution in [2.45, 2.75) is 19.3 Å². The molecule has 1 aliphatic rings. The molecule has 86 valence electrons. The molecule has 0 unspecified atom stereocenters. The van der Waals surface area contributed by atoms with Gasteiger partial charge >= 0.3 is 0 Å². The molecule has 5 heteroatoms. The number of hydrogen-bond donors (Lipinski definition) is 3. The standard InChI is InChI=1S/C11H16N4O/c12-15-10-9(5-2-6-13-10)11(16)14-7-8-3-1-4-8/h2,5-6,8H,1,3-4,7,12H2,(H,13,15)(H,14,16). The second-order valence-corrected chi connectivity index (χ2v) is 4.05. The number of anilines is 1. The molecule has 1 aromatic rings. The number of amides is 1. The third-order valence-corrected chi connectivity index (χ3v) is 2.97. The van der Waals surface area contributed by atoms with Gasteiger partial charge in [0.15, 0.2) is 5.82 Å². The molecule has 0 spiro atoms. The van der Waals surface area contributed by atoms with Gasteiger partial charge in [-0.05, 0) is 30.9 Å². The highest BCUT2D eigenvalue weighted by Gasteiger charge is 2.19. The Balaban J connectivity index is 1.96. The molecule has 0 saturated heterocycles. The number of hydrazine groups is 1. The van der Waals surface area contributed by atoms with Gasteiger partial charge in [-0.25, -0.2) is 10.8 Å². The normalized spacial score (nSPS) is 15.3. The van der Waals surface area contributed by atoms with E-state index in [1.54, 1.807) is 18.3 Å². The predicted octanol–water partition coefficient (Wildman–Crippen LogP) is 0.897. The minimum atomic E-state index is -0.118. The summed E-state index contributed by atoms with van der Waals surface area (Å²) in [7, 11) is 0. The van der Waals surface area contributed by atoms with E-state index in [2.05, 4.69) is 15.7 Å². The van der Waals surface area contributed by atoms with Gasteiger partial charge in [0.05, 0.1) is 5.56 Å². The first-order chi connectivity index (χ1) is 7.81. The highest BCUT2D eigenvalue weighted by atomic mass is 16.1. The Morgan fingerprint density at radius 3 is 3.00 bits per heavy atom. The number of aromatic nitrogens is 1. The summed E-state index contributed by atoms with van der Waals surface area (Å²) < 4.78 is 0. The van der Waals surface area contributed by atoms with Crippen molar-refractivity contribution in [3.05, 3.63) is 23.9 Å². The quantitative estimate of drug-likeness (QED) is 0.520. The van der Waals surface area contributed by atoms with Gasteiger partial charge in [-0.15, -0.1) is 0 Å². The Kier molecular flexibility index (Phi) is 3.36. The van der Waals surface area contributed by atoms with Gasteiger partial charge < -0.3 is 10.7 Å². The number of hydrogen-bond acceptors (Lipinski definition) is 4. The van der Waals surface area contributed by atoms with Crippen LogP contribution in [0.5, 0.6) is 0 Å². The molecule has 4 N–H and O–H groups in total. The summed E-state index contributed by atoms with van der Waals surface area (Å²) in [6.07, 6.45) is 5.31. The van der Waals surface area contributed by atoms with Crippen molar-refractivity contribution in [3.63, 3.8) is 0 Å². The van der Waals surface area contributed by atoms with Gasteiger partial charge in [0.1, 0.15) is 0 Å². The Bertz CT molecular complexity index is 376. The monoisotopic (exact) mass is 220 g/mol. The molecule has 1 amide bonds. The molecule has 1 aliphatic carbocycles. The first kappa shape index (κ1) is 10.9. The van der Waals surface area contributed by atoms with Crippen molar-refractivity contribution >= 4 is 11.7 Å². The van der Waals surface area contributed by atoms with Gasteiger partial charge in [0.2, 0.25) is 0 Å². The molecule has 1 fully saturated rings. The molecule has 0 bridgehead atoms. The van der Waals surface area contributed by atoms with E-state index >= 15 is 0 Å². The molecular formula is C11H16N4O. The maximum absolute atomic E-state index is 11.8. The number of rotatable bonds is 4. The van der Waals surface area contributed by atoms with Crippen LogP contribution in [0.1, 0.15) is 29.6 Å². The van der Waals surface area contributed by atoms with E-state index in [9.17, 15) is 4.79 Å². The van der Waals surface area contributed by atoms with Crippen molar-refractivity contribution < 1.29 is 4.79 Å². The third kappa shape index (κ3) is 2.30. The van der Waals surface area contributed by atoms with E-state index < -0.39 is 0 Å². The minimum Gasteiger partial charge on any atom is -0.352 e. The smallest absolute Gasteiger partial charge is 0.255 e. The van der Waals surface area contributed by atoms with Gasteiger partial charge in [-0.1, -0.05) is 6.42 Å². The topological polar surface area (TPSA) is 80.0 Å². The fourth-order valence-electron chi connectivity index (χ4n) is 1.73. The molecule has 0 aromatic carbocycles. The van der Waals surface area contributed by atoms with Crippen molar-refractivity contribution in [3.8, 4) is 0 Å². The van der Waals surface area contributed by atoms with Crippen LogP contribution in [0.15, 0.2) is 18.3 Å². The molecule has 2 rings (SSSR count). The maximum atomic E-state index is 11.8. The molecule has 1 saturated carbocycles. The Morgan fingerprint density at radius 2 is 2.38 bits per heavy atom. The lowest BCUT2D eigenvalue weighted by atomic mass is 9.85. The Labute approximate surface area is 94.4 Å². The summed E-state index contributed by atoms with van der Waals surface area (Å²) >= 11 is 0. The van der Waals surface area contributed by atoms with Crippen LogP contribution in [0, 0.1) is 5.92 Å². The molecule has 5 nitrogen and oxygen atoms in total. The summed E-state index contributed by atoms with van der Waals surface area (Å²) in [5, 5.41) is 2.90. The molecule has 16 heavy (non-hydrogen) atoms. The summed E-state index contributed by atoms with van der Waals surface area (Å²) in [5.41, 5.74) is 2.91. The zero-order valence-electron chi connectivity index (χ0n) is 9.07. The van der Waals surface area contributed by atoms with Crippen molar-refractivity contribution in [2.75, 3.05) is 12.0 Å². The predicted molar refractivity (Wildman–Crippen MR) is 61.7 cm³/mol.